The lowest BCUT2D eigenvalue weighted by molar-refractivity contribution is -0.151. The number of ether oxygens (including phenoxy) is 1. The summed E-state index contributed by atoms with van der Waals surface area (Å²) in [6, 6.07) is -0.739. The van der Waals surface area contributed by atoms with Crippen molar-refractivity contribution in [3.63, 3.8) is 0 Å². The Labute approximate surface area is 387 Å². The summed E-state index contributed by atoms with van der Waals surface area (Å²) in [7, 11) is 0. The number of nitrogens with one attached hydrogen (secondary N) is 1. The molecule has 6 heteroatoms. The minimum absolute atomic E-state index is 0.00759. The lowest BCUT2D eigenvalue weighted by Crippen LogP contribution is -2.46. The fourth-order valence-electron chi connectivity index (χ4n) is 6.79. The maximum absolute atomic E-state index is 13.2. The number of aliphatic hydroxyl groups excluding tert-OH is 2. The maximum Gasteiger partial charge on any atom is 0.306 e. The number of rotatable bonds is 43. The van der Waals surface area contributed by atoms with E-state index < -0.39 is 18.2 Å². The number of carbonyl (C=O) groups excluding carboxylic acids is 2. The highest BCUT2D eigenvalue weighted by molar-refractivity contribution is 5.77. The van der Waals surface area contributed by atoms with Gasteiger partial charge in [-0.05, 0) is 103 Å². The van der Waals surface area contributed by atoms with Crippen LogP contribution < -0.4 is 5.32 Å². The molecule has 0 rings (SSSR count). The van der Waals surface area contributed by atoms with Crippen molar-refractivity contribution in [2.75, 3.05) is 6.61 Å². The molecule has 0 aromatic heterocycles. The normalized spacial score (nSPS) is 14.3. The number of esters is 1. The van der Waals surface area contributed by atoms with Gasteiger partial charge in [0, 0.05) is 6.42 Å². The van der Waals surface area contributed by atoms with E-state index in [9.17, 15) is 19.8 Å². The van der Waals surface area contributed by atoms with E-state index in [-0.39, 0.29) is 31.3 Å². The number of amides is 1. The molecule has 0 aromatic carbocycles. The Morgan fingerprint density at radius 1 is 0.476 bits per heavy atom. The second kappa shape index (κ2) is 49.3. The summed E-state index contributed by atoms with van der Waals surface area (Å²) < 4.78 is 5.87. The number of allylic oxidation sites excluding steroid dienone is 20. The fourth-order valence-corrected chi connectivity index (χ4v) is 6.79. The zero-order valence-corrected chi connectivity index (χ0v) is 40.4. The fraction of sp³-hybridized carbons (Fsp3) is 0.614. The Kier molecular flexibility index (Phi) is 46.4. The molecule has 0 spiro atoms. The van der Waals surface area contributed by atoms with Crippen molar-refractivity contribution in [1.29, 1.82) is 0 Å². The molecular weight excluding hydrogens is 779 g/mol. The van der Waals surface area contributed by atoms with Crippen LogP contribution in [-0.2, 0) is 14.3 Å². The topological polar surface area (TPSA) is 95.9 Å². The molecule has 0 aliphatic rings. The summed E-state index contributed by atoms with van der Waals surface area (Å²) in [5.74, 6) is -0.614. The molecule has 0 aliphatic carbocycles. The summed E-state index contributed by atoms with van der Waals surface area (Å²) in [6.45, 7) is 6.19. The Balaban J connectivity index is 4.83. The molecule has 1 amide bonds. The van der Waals surface area contributed by atoms with Crippen LogP contribution in [0.15, 0.2) is 122 Å². The molecular formula is C57H93NO5. The van der Waals surface area contributed by atoms with Crippen LogP contribution >= 0.6 is 0 Å². The Morgan fingerprint density at radius 2 is 0.857 bits per heavy atom. The van der Waals surface area contributed by atoms with Gasteiger partial charge < -0.3 is 20.3 Å². The van der Waals surface area contributed by atoms with Crippen molar-refractivity contribution in [3.8, 4) is 0 Å². The van der Waals surface area contributed by atoms with Gasteiger partial charge in [-0.25, -0.2) is 0 Å². The van der Waals surface area contributed by atoms with Gasteiger partial charge in [0.2, 0.25) is 5.91 Å². The molecule has 3 unspecified atom stereocenters. The van der Waals surface area contributed by atoms with E-state index in [0.717, 1.165) is 103 Å². The first-order valence-corrected chi connectivity index (χ1v) is 25.3. The number of carbonyl (C=O) groups is 2. The first-order valence-electron chi connectivity index (χ1n) is 25.3. The Hall–Kier alpha value is -3.74. The largest absolute Gasteiger partial charge is 0.462 e. The van der Waals surface area contributed by atoms with Gasteiger partial charge in [0.25, 0.3) is 0 Å². The average Bonchev–Trinajstić information content (AvgIpc) is 3.28. The third-order valence-electron chi connectivity index (χ3n) is 10.5. The average molecular weight is 872 g/mol. The highest BCUT2D eigenvalue weighted by atomic mass is 16.5. The van der Waals surface area contributed by atoms with Crippen LogP contribution in [0.1, 0.15) is 201 Å². The minimum Gasteiger partial charge on any atom is -0.462 e. The molecule has 0 bridgehead atoms. The van der Waals surface area contributed by atoms with Gasteiger partial charge in [-0.15, -0.1) is 0 Å². The van der Waals surface area contributed by atoms with E-state index in [4.69, 9.17) is 4.74 Å². The lowest BCUT2D eigenvalue weighted by atomic mass is 10.0. The highest BCUT2D eigenvalue weighted by Crippen LogP contribution is 2.16. The smallest absolute Gasteiger partial charge is 0.306 e. The van der Waals surface area contributed by atoms with Crippen LogP contribution in [0.5, 0.6) is 0 Å². The molecule has 6 nitrogen and oxygen atoms in total. The molecule has 0 radical (unpaired) electrons. The van der Waals surface area contributed by atoms with E-state index in [1.165, 1.54) is 44.9 Å². The summed E-state index contributed by atoms with van der Waals surface area (Å²) in [5.41, 5.74) is 0. The summed E-state index contributed by atoms with van der Waals surface area (Å²) in [5, 5.41) is 23.7. The van der Waals surface area contributed by atoms with Crippen LogP contribution in [0.25, 0.3) is 0 Å². The molecule has 63 heavy (non-hydrogen) atoms. The summed E-state index contributed by atoms with van der Waals surface area (Å²) in [6.07, 6.45) is 68.3. The van der Waals surface area contributed by atoms with E-state index in [1.54, 1.807) is 0 Å². The van der Waals surface area contributed by atoms with Crippen molar-refractivity contribution in [1.82, 2.24) is 5.32 Å². The Morgan fingerprint density at radius 3 is 1.27 bits per heavy atom. The molecule has 0 fully saturated rings. The third kappa shape index (κ3) is 44.7. The standard InChI is InChI=1S/C57H93NO5/c1-4-7-10-13-16-19-22-24-26-28-30-32-34-36-39-42-45-48-53(51-56(61)58-54(52-59)55(60)49-46-43-40-37-21-18-15-12-9-6-3)63-57(62)50-47-44-41-38-35-33-31-29-27-25-23-20-17-14-11-8-5-2/h7-8,10-11,16-17,19-20,24-27,30-33,36,38-39,41,53-55,59-60H,4-6,9,12-15,18,21-23,28-29,34-35,37,40,42-52H2,1-3H3,(H,58,61)/b10-7-,11-8-,19-16-,20-17-,26-24-,27-25-,32-30-,33-31-,39-36-,41-38-. The SMILES string of the molecule is CC/C=C\C/C=C\C/C=C\C/C=C\C/C=C\CCCC(=O)OC(CCC/C=C\C/C=C\C/C=C\C/C=C\C/C=C\CC)CC(=O)NC(CO)C(O)CCCCCCCCCCCC. The number of aliphatic hydroxyl groups is 2. The predicted molar refractivity (Wildman–Crippen MR) is 273 cm³/mol. The van der Waals surface area contributed by atoms with E-state index in [0.29, 0.717) is 19.3 Å². The van der Waals surface area contributed by atoms with Crippen molar-refractivity contribution >= 4 is 11.9 Å². The third-order valence-corrected chi connectivity index (χ3v) is 10.5. The van der Waals surface area contributed by atoms with Gasteiger partial charge in [0.05, 0.1) is 25.2 Å². The van der Waals surface area contributed by atoms with Crippen molar-refractivity contribution in [2.24, 2.45) is 0 Å². The maximum atomic E-state index is 13.2. The van der Waals surface area contributed by atoms with Gasteiger partial charge in [-0.2, -0.15) is 0 Å². The van der Waals surface area contributed by atoms with Crippen LogP contribution in [-0.4, -0.2) is 46.9 Å². The molecule has 0 saturated heterocycles. The molecule has 0 saturated carbocycles. The summed E-state index contributed by atoms with van der Waals surface area (Å²) in [4.78, 5) is 26.1. The number of hydrogen-bond donors (Lipinski definition) is 3. The second-order valence-corrected chi connectivity index (χ2v) is 16.4. The van der Waals surface area contributed by atoms with Crippen LogP contribution in [0, 0.1) is 0 Å². The van der Waals surface area contributed by atoms with E-state index >= 15 is 0 Å². The van der Waals surface area contributed by atoms with Crippen molar-refractivity contribution in [2.45, 2.75) is 219 Å². The van der Waals surface area contributed by atoms with Crippen LogP contribution in [0.2, 0.25) is 0 Å². The summed E-state index contributed by atoms with van der Waals surface area (Å²) >= 11 is 0. The number of unbranched alkanes of at least 4 members (excludes halogenated alkanes) is 11. The first-order chi connectivity index (χ1) is 31.0. The van der Waals surface area contributed by atoms with Crippen LogP contribution in [0.4, 0.5) is 0 Å². The van der Waals surface area contributed by atoms with Gasteiger partial charge in [0.1, 0.15) is 6.10 Å². The Bertz CT molecular complexity index is 1350. The van der Waals surface area contributed by atoms with E-state index in [1.807, 2.05) is 0 Å². The van der Waals surface area contributed by atoms with Gasteiger partial charge in [-0.1, -0.05) is 206 Å². The quantitative estimate of drug-likeness (QED) is 0.0322. The zero-order valence-electron chi connectivity index (χ0n) is 40.4. The van der Waals surface area contributed by atoms with Crippen molar-refractivity contribution in [3.05, 3.63) is 122 Å². The molecule has 3 atom stereocenters. The predicted octanol–water partition coefficient (Wildman–Crippen LogP) is 15.3. The van der Waals surface area contributed by atoms with Gasteiger partial charge in [0.15, 0.2) is 0 Å². The van der Waals surface area contributed by atoms with E-state index in [2.05, 4.69) is 148 Å². The molecule has 0 aliphatic heterocycles. The molecule has 356 valence electrons. The molecule has 3 N–H and O–H groups in total. The van der Waals surface area contributed by atoms with Gasteiger partial charge in [-0.3, -0.25) is 9.59 Å². The highest BCUT2D eigenvalue weighted by Gasteiger charge is 2.24. The monoisotopic (exact) mass is 872 g/mol. The van der Waals surface area contributed by atoms with Crippen molar-refractivity contribution < 1.29 is 24.5 Å². The molecule has 0 aromatic rings. The number of hydrogen-bond acceptors (Lipinski definition) is 5. The first kappa shape index (κ1) is 59.3. The minimum atomic E-state index is -0.819. The van der Waals surface area contributed by atoms with Crippen LogP contribution in [0.3, 0.4) is 0 Å². The van der Waals surface area contributed by atoms with Gasteiger partial charge >= 0.3 is 5.97 Å². The zero-order chi connectivity index (χ0) is 45.9. The lowest BCUT2D eigenvalue weighted by Gasteiger charge is -2.24. The second-order valence-electron chi connectivity index (χ2n) is 16.4. The molecule has 0 heterocycles.